The molecule has 1 amide bonds. The van der Waals surface area contributed by atoms with Gasteiger partial charge in [0.2, 0.25) is 0 Å². The molecule has 6 nitrogen and oxygen atoms in total. The Bertz CT molecular complexity index is 933. The highest BCUT2D eigenvalue weighted by molar-refractivity contribution is 6.32. The van der Waals surface area contributed by atoms with Gasteiger partial charge in [0.15, 0.2) is 0 Å². The van der Waals surface area contributed by atoms with Gasteiger partial charge in [0, 0.05) is 18.8 Å². The number of amides is 1. The van der Waals surface area contributed by atoms with Gasteiger partial charge in [-0.2, -0.15) is 13.2 Å². The second kappa shape index (κ2) is 9.74. The van der Waals surface area contributed by atoms with Crippen molar-refractivity contribution in [1.29, 1.82) is 0 Å². The summed E-state index contributed by atoms with van der Waals surface area (Å²) in [7, 11) is 0. The number of carbonyl (C=O) groups excluding carboxylic acids is 1. The third-order valence-corrected chi connectivity index (χ3v) is 5.46. The molecule has 1 saturated heterocycles. The summed E-state index contributed by atoms with van der Waals surface area (Å²) in [5, 5.41) is 3.71. The first kappa shape index (κ1) is 23.1. The molecule has 2 heterocycles. The summed E-state index contributed by atoms with van der Waals surface area (Å²) in [4.78, 5) is 17.5. The van der Waals surface area contributed by atoms with Crippen LogP contribution in [-0.2, 0) is 12.7 Å². The van der Waals surface area contributed by atoms with Crippen LogP contribution < -0.4 is 20.7 Å². The second-order valence-corrected chi connectivity index (χ2v) is 7.66. The van der Waals surface area contributed by atoms with Gasteiger partial charge in [0.25, 0.3) is 5.91 Å². The molecule has 1 aliphatic rings. The van der Waals surface area contributed by atoms with Crippen molar-refractivity contribution >= 4 is 23.3 Å². The number of hydrogen-bond acceptors (Lipinski definition) is 5. The monoisotopic (exact) mass is 456 g/mol. The van der Waals surface area contributed by atoms with Crippen molar-refractivity contribution < 1.29 is 22.7 Å². The van der Waals surface area contributed by atoms with Gasteiger partial charge in [-0.05, 0) is 56.6 Å². The molecule has 1 aromatic carbocycles. The number of carbonyl (C=O) groups is 1. The molecule has 1 fully saturated rings. The minimum atomic E-state index is -4.73. The third kappa shape index (κ3) is 5.59. The highest BCUT2D eigenvalue weighted by atomic mass is 35.5. The number of piperidine rings is 1. The van der Waals surface area contributed by atoms with Crippen molar-refractivity contribution in [3.8, 4) is 5.75 Å². The van der Waals surface area contributed by atoms with Crippen LogP contribution in [0.3, 0.4) is 0 Å². The van der Waals surface area contributed by atoms with Gasteiger partial charge in [-0.15, -0.1) is 0 Å². The fraction of sp³-hybridized carbons (Fsp3) is 0.429. The lowest BCUT2D eigenvalue weighted by molar-refractivity contribution is -0.137. The maximum Gasteiger partial charge on any atom is 0.417 e. The van der Waals surface area contributed by atoms with E-state index in [-0.39, 0.29) is 11.9 Å². The van der Waals surface area contributed by atoms with E-state index in [1.165, 1.54) is 0 Å². The van der Waals surface area contributed by atoms with Gasteiger partial charge >= 0.3 is 6.18 Å². The van der Waals surface area contributed by atoms with Gasteiger partial charge in [-0.25, -0.2) is 4.98 Å². The van der Waals surface area contributed by atoms with E-state index in [0.717, 1.165) is 43.8 Å². The molecule has 1 aliphatic heterocycles. The number of aromatic nitrogens is 1. The number of halogens is 4. The number of nitrogens with two attached hydrogens (primary N) is 1. The number of benzene rings is 1. The van der Waals surface area contributed by atoms with Crippen LogP contribution in [-0.4, -0.2) is 36.6 Å². The summed E-state index contributed by atoms with van der Waals surface area (Å²) in [6, 6.07) is 6.17. The first-order valence-electron chi connectivity index (χ1n) is 9.96. The number of nitrogens with zero attached hydrogens (tertiary/aromatic N) is 2. The van der Waals surface area contributed by atoms with Crippen molar-refractivity contribution in [3.05, 3.63) is 52.2 Å². The number of alkyl halides is 3. The van der Waals surface area contributed by atoms with E-state index in [4.69, 9.17) is 22.1 Å². The molecular weight excluding hydrogens is 433 g/mol. The maximum atomic E-state index is 13.6. The Kier molecular flexibility index (Phi) is 7.27. The summed E-state index contributed by atoms with van der Waals surface area (Å²) in [6.07, 6.45) is -2.34. The fourth-order valence-electron chi connectivity index (χ4n) is 3.66. The van der Waals surface area contributed by atoms with E-state index in [1.807, 2.05) is 11.8 Å². The van der Waals surface area contributed by atoms with E-state index >= 15 is 0 Å². The minimum absolute atomic E-state index is 0.0273. The van der Waals surface area contributed by atoms with Gasteiger partial charge < -0.3 is 20.7 Å². The predicted octanol–water partition coefficient (Wildman–Crippen LogP) is 4.01. The average Bonchev–Trinajstić information content (AvgIpc) is 2.74. The van der Waals surface area contributed by atoms with Crippen LogP contribution in [0, 0.1) is 0 Å². The topological polar surface area (TPSA) is 80.5 Å². The van der Waals surface area contributed by atoms with Crippen LogP contribution in [0.15, 0.2) is 30.5 Å². The molecule has 0 saturated carbocycles. The van der Waals surface area contributed by atoms with Crippen molar-refractivity contribution in [2.45, 2.75) is 38.5 Å². The maximum absolute atomic E-state index is 13.6. The Hall–Kier alpha value is -2.52. The molecule has 10 heteroatoms. The van der Waals surface area contributed by atoms with E-state index in [2.05, 4.69) is 10.3 Å². The Morgan fingerprint density at radius 1 is 1.32 bits per heavy atom. The Labute approximate surface area is 183 Å². The lowest BCUT2D eigenvalue weighted by atomic mass is 10.0. The number of pyridine rings is 1. The van der Waals surface area contributed by atoms with Crippen molar-refractivity contribution in [2.75, 3.05) is 24.6 Å². The van der Waals surface area contributed by atoms with Crippen LogP contribution in [0.4, 0.5) is 19.0 Å². The molecule has 168 valence electrons. The van der Waals surface area contributed by atoms with Gasteiger partial charge in [0.05, 0.1) is 22.8 Å². The number of primary amides is 1. The molecule has 31 heavy (non-hydrogen) atoms. The van der Waals surface area contributed by atoms with E-state index in [1.54, 1.807) is 18.2 Å². The average molecular weight is 457 g/mol. The van der Waals surface area contributed by atoms with Crippen LogP contribution in [0.25, 0.3) is 0 Å². The van der Waals surface area contributed by atoms with Gasteiger partial charge in [-0.3, -0.25) is 4.79 Å². The third-order valence-electron chi connectivity index (χ3n) is 5.15. The fourth-order valence-corrected chi connectivity index (χ4v) is 3.83. The first-order chi connectivity index (χ1) is 14.7. The highest BCUT2D eigenvalue weighted by Crippen LogP contribution is 2.35. The Morgan fingerprint density at radius 3 is 2.65 bits per heavy atom. The second-order valence-electron chi connectivity index (χ2n) is 7.26. The number of ether oxygens (including phenoxy) is 1. The molecule has 0 atom stereocenters. The van der Waals surface area contributed by atoms with Crippen LogP contribution in [0.1, 0.15) is 41.3 Å². The normalized spacial score (nSPS) is 15.0. The molecule has 3 rings (SSSR count). The van der Waals surface area contributed by atoms with Crippen molar-refractivity contribution in [3.63, 3.8) is 0 Å². The summed E-state index contributed by atoms with van der Waals surface area (Å²) in [6.45, 7) is 4.08. The first-order valence-corrected chi connectivity index (χ1v) is 10.3. The minimum Gasteiger partial charge on any atom is -0.492 e. The number of rotatable bonds is 7. The van der Waals surface area contributed by atoms with E-state index in [9.17, 15) is 18.0 Å². The SMILES string of the molecule is CCOc1cc(CN(c2cc(C(F)(F)F)c(C(N)=O)cn2)C2CCNCC2)ccc1Cl. The standard InChI is InChI=1S/C21H24ClF3N4O2/c1-2-31-18-9-13(3-4-17(18)22)12-29(14-5-7-27-8-6-14)19-10-16(21(23,24)25)15(11-28-19)20(26)30/h3-4,9-11,14,27H,2,5-8,12H2,1H3,(H2,26,30). The summed E-state index contributed by atoms with van der Waals surface area (Å²) >= 11 is 6.17. The van der Waals surface area contributed by atoms with Crippen LogP contribution >= 0.6 is 11.6 Å². The Balaban J connectivity index is 2.02. The number of anilines is 1. The predicted molar refractivity (Wildman–Crippen MR) is 112 cm³/mol. The Morgan fingerprint density at radius 2 is 2.03 bits per heavy atom. The zero-order valence-corrected chi connectivity index (χ0v) is 17.8. The number of hydrogen-bond donors (Lipinski definition) is 2. The zero-order chi connectivity index (χ0) is 22.6. The van der Waals surface area contributed by atoms with Gasteiger partial charge in [0.1, 0.15) is 11.6 Å². The summed E-state index contributed by atoms with van der Waals surface area (Å²) in [5.41, 5.74) is 4.22. The lowest BCUT2D eigenvalue weighted by Gasteiger charge is -2.36. The van der Waals surface area contributed by atoms with E-state index in [0.29, 0.717) is 23.9 Å². The molecule has 3 N–H and O–H groups in total. The molecular formula is C21H24ClF3N4O2. The van der Waals surface area contributed by atoms with Gasteiger partial charge in [-0.1, -0.05) is 17.7 Å². The highest BCUT2D eigenvalue weighted by Gasteiger charge is 2.36. The molecule has 0 spiro atoms. The molecule has 2 aromatic rings. The lowest BCUT2D eigenvalue weighted by Crippen LogP contribution is -2.43. The molecule has 0 aliphatic carbocycles. The molecule has 0 bridgehead atoms. The van der Waals surface area contributed by atoms with E-state index < -0.39 is 23.2 Å². The van der Waals surface area contributed by atoms with Crippen molar-refractivity contribution in [1.82, 2.24) is 10.3 Å². The summed E-state index contributed by atoms with van der Waals surface area (Å²) < 4.78 is 46.4. The molecule has 0 radical (unpaired) electrons. The quantitative estimate of drug-likeness (QED) is 0.658. The summed E-state index contributed by atoms with van der Waals surface area (Å²) in [5.74, 6) is -0.518. The van der Waals surface area contributed by atoms with Crippen molar-refractivity contribution in [2.24, 2.45) is 5.73 Å². The van der Waals surface area contributed by atoms with Crippen LogP contribution in [0.2, 0.25) is 5.02 Å². The zero-order valence-electron chi connectivity index (χ0n) is 17.0. The smallest absolute Gasteiger partial charge is 0.417 e. The molecule has 1 aromatic heterocycles. The largest absolute Gasteiger partial charge is 0.492 e. The number of nitrogens with one attached hydrogen (secondary N) is 1. The molecule has 0 unspecified atom stereocenters. The van der Waals surface area contributed by atoms with Crippen LogP contribution in [0.5, 0.6) is 5.75 Å².